The van der Waals surface area contributed by atoms with E-state index < -0.39 is 0 Å². The molecule has 0 spiro atoms. The Morgan fingerprint density at radius 1 is 0.286 bits per heavy atom. The lowest BCUT2D eigenvalue weighted by atomic mass is 10.1. The molecule has 0 unspecified atom stereocenters. The minimum atomic E-state index is 1.17. The van der Waals surface area contributed by atoms with Gasteiger partial charge in [-0.2, -0.15) is 0 Å². The van der Waals surface area contributed by atoms with E-state index in [4.69, 9.17) is 0 Å². The van der Waals surface area contributed by atoms with Crippen molar-refractivity contribution in [2.45, 2.75) is 0 Å². The molecule has 0 amide bonds. The first-order chi connectivity index (χ1) is 24.3. The normalized spacial score (nSPS) is 12.1. The zero-order valence-electron chi connectivity index (χ0n) is 26.6. The van der Waals surface area contributed by atoms with Crippen LogP contribution in [0, 0.1) is 0 Å². The van der Waals surface area contributed by atoms with Crippen LogP contribution in [-0.4, -0.2) is 13.7 Å². The van der Waals surface area contributed by atoms with Crippen molar-refractivity contribution in [3.8, 4) is 17.1 Å². The summed E-state index contributed by atoms with van der Waals surface area (Å²) >= 11 is 0. The molecule has 0 radical (unpaired) electrons. The van der Waals surface area contributed by atoms with Crippen LogP contribution < -0.4 is 0 Å². The van der Waals surface area contributed by atoms with E-state index >= 15 is 0 Å². The number of para-hydroxylation sites is 4. The number of nitrogens with zero attached hydrogens (tertiary/aromatic N) is 3. The average molecular weight is 624 g/mol. The molecule has 8 aromatic carbocycles. The lowest BCUT2D eigenvalue weighted by Gasteiger charge is -2.12. The van der Waals surface area contributed by atoms with Gasteiger partial charge in [-0.1, -0.05) is 115 Å². The standard InChI is InChI=1S/C46H29N3/c1-2-15-32(16-3-1)48-38-20-9-6-17-34(38)35-27-28-43-45(46(35)48)37-19-8-11-22-40(37)49(43)42-24-12-23-41-44(42)36-18-7-10-21-39(36)47(41)33-26-25-30-13-4-5-14-31(30)29-33/h1-29H. The van der Waals surface area contributed by atoms with Crippen LogP contribution in [0.5, 0.6) is 0 Å². The number of benzene rings is 8. The van der Waals surface area contributed by atoms with Gasteiger partial charge < -0.3 is 13.7 Å². The highest BCUT2D eigenvalue weighted by Gasteiger charge is 2.23. The second kappa shape index (κ2) is 9.96. The third kappa shape index (κ3) is 3.62. The maximum absolute atomic E-state index is 2.50. The van der Waals surface area contributed by atoms with Crippen molar-refractivity contribution >= 4 is 76.2 Å². The van der Waals surface area contributed by atoms with Gasteiger partial charge in [0.1, 0.15) is 0 Å². The van der Waals surface area contributed by atoms with Crippen molar-refractivity contribution in [3.63, 3.8) is 0 Å². The fourth-order valence-electron chi connectivity index (χ4n) is 8.39. The minimum Gasteiger partial charge on any atom is -0.309 e. The molecule has 0 saturated carbocycles. The monoisotopic (exact) mass is 623 g/mol. The van der Waals surface area contributed by atoms with E-state index in [1.54, 1.807) is 0 Å². The van der Waals surface area contributed by atoms with Gasteiger partial charge in [-0.3, -0.25) is 0 Å². The first-order valence-corrected chi connectivity index (χ1v) is 16.9. The molecule has 3 nitrogen and oxygen atoms in total. The number of hydrogen-bond acceptors (Lipinski definition) is 0. The van der Waals surface area contributed by atoms with Crippen LogP contribution in [0.4, 0.5) is 0 Å². The molecule has 0 aliphatic heterocycles. The van der Waals surface area contributed by atoms with Gasteiger partial charge in [0.05, 0.1) is 38.8 Å². The summed E-state index contributed by atoms with van der Waals surface area (Å²) in [7, 11) is 0. The molecule has 0 aliphatic carbocycles. The lowest BCUT2D eigenvalue weighted by Crippen LogP contribution is -1.97. The summed E-state index contributed by atoms with van der Waals surface area (Å²) in [5.41, 5.74) is 10.8. The highest BCUT2D eigenvalue weighted by molar-refractivity contribution is 6.27. The summed E-state index contributed by atoms with van der Waals surface area (Å²) in [6.45, 7) is 0. The summed E-state index contributed by atoms with van der Waals surface area (Å²) < 4.78 is 7.38. The molecule has 3 heteroatoms. The average Bonchev–Trinajstić information content (AvgIpc) is 3.81. The second-order valence-corrected chi connectivity index (χ2v) is 13.0. The zero-order valence-corrected chi connectivity index (χ0v) is 26.6. The van der Waals surface area contributed by atoms with Crippen molar-refractivity contribution in [2.24, 2.45) is 0 Å². The van der Waals surface area contributed by atoms with Crippen LogP contribution in [0.15, 0.2) is 176 Å². The minimum absolute atomic E-state index is 1.17. The summed E-state index contributed by atoms with van der Waals surface area (Å²) in [5, 5.41) is 10.0. The third-order valence-electron chi connectivity index (χ3n) is 10.4. The zero-order chi connectivity index (χ0) is 32.1. The number of aromatic nitrogens is 3. The van der Waals surface area contributed by atoms with Gasteiger partial charge in [-0.25, -0.2) is 0 Å². The molecular weight excluding hydrogens is 595 g/mol. The Hall–Kier alpha value is -6.58. The van der Waals surface area contributed by atoms with Gasteiger partial charge in [-0.05, 0) is 71.4 Å². The summed E-state index contributed by atoms with van der Waals surface area (Å²) in [6, 6.07) is 64.2. The van der Waals surface area contributed by atoms with E-state index in [0.717, 1.165) is 0 Å². The van der Waals surface area contributed by atoms with Gasteiger partial charge in [0.25, 0.3) is 0 Å². The Balaban J connectivity index is 1.29. The van der Waals surface area contributed by atoms with Crippen molar-refractivity contribution in [2.75, 3.05) is 0 Å². The highest BCUT2D eigenvalue weighted by Crippen LogP contribution is 2.44. The van der Waals surface area contributed by atoms with E-state index in [1.807, 2.05) is 0 Å². The fraction of sp³-hybridized carbons (Fsp3) is 0. The van der Waals surface area contributed by atoms with E-state index in [0.29, 0.717) is 0 Å². The van der Waals surface area contributed by atoms with Crippen LogP contribution >= 0.6 is 0 Å². The van der Waals surface area contributed by atoms with Crippen molar-refractivity contribution in [1.82, 2.24) is 13.7 Å². The Bertz CT molecular complexity index is 3100. The largest absolute Gasteiger partial charge is 0.309 e. The number of fused-ring (bicyclic) bond motifs is 11. The molecular formula is C46H29N3. The van der Waals surface area contributed by atoms with E-state index in [9.17, 15) is 0 Å². The van der Waals surface area contributed by atoms with E-state index in [2.05, 4.69) is 190 Å². The molecule has 3 heterocycles. The third-order valence-corrected chi connectivity index (χ3v) is 10.4. The van der Waals surface area contributed by atoms with Crippen LogP contribution in [0.1, 0.15) is 0 Å². The molecule has 0 atom stereocenters. The van der Waals surface area contributed by atoms with Crippen LogP contribution in [-0.2, 0) is 0 Å². The summed E-state index contributed by atoms with van der Waals surface area (Å²) in [4.78, 5) is 0. The van der Waals surface area contributed by atoms with Crippen molar-refractivity contribution < 1.29 is 0 Å². The summed E-state index contributed by atoms with van der Waals surface area (Å²) in [6.07, 6.45) is 0. The Morgan fingerprint density at radius 2 is 0.878 bits per heavy atom. The van der Waals surface area contributed by atoms with Crippen LogP contribution in [0.3, 0.4) is 0 Å². The predicted molar refractivity (Wildman–Crippen MR) is 207 cm³/mol. The predicted octanol–water partition coefficient (Wildman–Crippen LogP) is 12.1. The highest BCUT2D eigenvalue weighted by atomic mass is 15.0. The van der Waals surface area contributed by atoms with E-state index in [-0.39, 0.29) is 0 Å². The second-order valence-electron chi connectivity index (χ2n) is 13.0. The molecule has 49 heavy (non-hydrogen) atoms. The van der Waals surface area contributed by atoms with Gasteiger partial charge in [0, 0.05) is 43.7 Å². The maximum Gasteiger partial charge on any atom is 0.0641 e. The molecule has 11 rings (SSSR count). The Morgan fingerprint density at radius 3 is 1.67 bits per heavy atom. The molecule has 3 aromatic heterocycles. The SMILES string of the molecule is c1ccc(-n2c3ccccc3c3ccc4c(c5ccccc5n4-c4cccc5c4c4ccccc4n5-c4ccc5ccccc5c4)c32)cc1. The summed E-state index contributed by atoms with van der Waals surface area (Å²) in [5.74, 6) is 0. The van der Waals surface area contributed by atoms with Crippen molar-refractivity contribution in [1.29, 1.82) is 0 Å². The molecule has 0 fully saturated rings. The van der Waals surface area contributed by atoms with Crippen LogP contribution in [0.2, 0.25) is 0 Å². The first-order valence-electron chi connectivity index (χ1n) is 16.9. The van der Waals surface area contributed by atoms with Gasteiger partial charge >= 0.3 is 0 Å². The van der Waals surface area contributed by atoms with Crippen LogP contribution in [0.25, 0.3) is 93.3 Å². The lowest BCUT2D eigenvalue weighted by molar-refractivity contribution is 1.17. The molecule has 0 bridgehead atoms. The molecule has 0 N–H and O–H groups in total. The Kier molecular flexibility index (Phi) is 5.38. The Labute approximate surface area is 282 Å². The van der Waals surface area contributed by atoms with Gasteiger partial charge in [0.15, 0.2) is 0 Å². The van der Waals surface area contributed by atoms with Crippen molar-refractivity contribution in [3.05, 3.63) is 176 Å². The molecule has 228 valence electrons. The fourth-order valence-corrected chi connectivity index (χ4v) is 8.39. The molecule has 0 saturated heterocycles. The van der Waals surface area contributed by atoms with Gasteiger partial charge in [-0.15, -0.1) is 0 Å². The van der Waals surface area contributed by atoms with E-state index in [1.165, 1.54) is 93.3 Å². The smallest absolute Gasteiger partial charge is 0.0641 e. The molecule has 0 aliphatic rings. The van der Waals surface area contributed by atoms with Gasteiger partial charge in [0.2, 0.25) is 0 Å². The first kappa shape index (κ1) is 26.5. The topological polar surface area (TPSA) is 14.8 Å². The molecule has 11 aromatic rings. The number of rotatable bonds is 3. The quantitative estimate of drug-likeness (QED) is 0.186. The maximum atomic E-state index is 2.50. The number of hydrogen-bond donors (Lipinski definition) is 0.